The quantitative estimate of drug-likeness (QED) is 0.770. The van der Waals surface area contributed by atoms with Crippen LogP contribution in [0, 0.1) is 13.8 Å². The topological polar surface area (TPSA) is 70.1 Å². The largest absolute Gasteiger partial charge is 0.338 e. The number of anilines is 1. The van der Waals surface area contributed by atoms with Crippen LogP contribution in [0.3, 0.4) is 0 Å². The summed E-state index contributed by atoms with van der Waals surface area (Å²) in [6.45, 7) is 7.84. The lowest BCUT2D eigenvalue weighted by molar-refractivity contribution is 0.311. The van der Waals surface area contributed by atoms with Crippen LogP contribution >= 0.6 is 0 Å². The maximum atomic E-state index is 12.5. The van der Waals surface area contributed by atoms with Gasteiger partial charge in [0.25, 0.3) is 5.56 Å². The predicted molar refractivity (Wildman–Crippen MR) is 107 cm³/mol. The van der Waals surface area contributed by atoms with Gasteiger partial charge in [-0.15, -0.1) is 0 Å². The molecule has 0 amide bonds. The molecule has 0 spiro atoms. The Labute approximate surface area is 158 Å². The van der Waals surface area contributed by atoms with Crippen LogP contribution in [-0.2, 0) is 0 Å². The third-order valence-electron chi connectivity index (χ3n) is 5.02. The van der Waals surface area contributed by atoms with Crippen LogP contribution in [0.25, 0.3) is 16.9 Å². The van der Waals surface area contributed by atoms with Crippen molar-refractivity contribution in [3.05, 3.63) is 58.1 Å². The number of hydrogen-bond acceptors (Lipinski definition) is 5. The SMILES string of the molecule is Cc1cccc(-n2[nH]c(-c3cnc(N4CCN(C)CC4)nc3C)cc2=O)c1. The lowest BCUT2D eigenvalue weighted by Gasteiger charge is -2.32. The van der Waals surface area contributed by atoms with E-state index in [-0.39, 0.29) is 5.56 Å². The molecular formula is C20H24N6O. The summed E-state index contributed by atoms with van der Waals surface area (Å²) in [5.74, 6) is 0.754. The van der Waals surface area contributed by atoms with Crippen LogP contribution < -0.4 is 10.5 Å². The van der Waals surface area contributed by atoms with Gasteiger partial charge in [-0.2, -0.15) is 0 Å². The number of likely N-dealkylation sites (N-methyl/N-ethyl adjacent to an activating group) is 1. The van der Waals surface area contributed by atoms with Crippen LogP contribution in [0.4, 0.5) is 5.95 Å². The third kappa shape index (κ3) is 3.50. The number of nitrogens with zero attached hydrogens (tertiary/aromatic N) is 5. The normalized spacial score (nSPS) is 15.3. The van der Waals surface area contributed by atoms with Gasteiger partial charge in [0, 0.05) is 44.0 Å². The van der Waals surface area contributed by atoms with Gasteiger partial charge in [-0.25, -0.2) is 14.6 Å². The molecule has 0 radical (unpaired) electrons. The fourth-order valence-corrected chi connectivity index (χ4v) is 3.37. The summed E-state index contributed by atoms with van der Waals surface area (Å²) in [4.78, 5) is 26.2. The fraction of sp³-hybridized carbons (Fsp3) is 0.350. The van der Waals surface area contributed by atoms with Gasteiger partial charge >= 0.3 is 0 Å². The summed E-state index contributed by atoms with van der Waals surface area (Å²) in [6.07, 6.45) is 1.81. The summed E-state index contributed by atoms with van der Waals surface area (Å²) in [5.41, 5.74) is 4.25. The molecular weight excluding hydrogens is 340 g/mol. The number of aromatic amines is 1. The van der Waals surface area contributed by atoms with Gasteiger partial charge in [-0.3, -0.25) is 9.89 Å². The lowest BCUT2D eigenvalue weighted by Crippen LogP contribution is -2.45. The first-order chi connectivity index (χ1) is 13.0. The summed E-state index contributed by atoms with van der Waals surface area (Å²) in [5, 5.41) is 3.19. The molecule has 1 aliphatic rings. The van der Waals surface area contributed by atoms with Crippen molar-refractivity contribution in [2.45, 2.75) is 13.8 Å². The zero-order valence-electron chi connectivity index (χ0n) is 15.9. The van der Waals surface area contributed by atoms with E-state index in [0.29, 0.717) is 0 Å². The van der Waals surface area contributed by atoms with E-state index in [4.69, 9.17) is 0 Å². The Morgan fingerprint density at radius 1 is 1.07 bits per heavy atom. The number of rotatable bonds is 3. The summed E-state index contributed by atoms with van der Waals surface area (Å²) in [6, 6.07) is 9.43. The van der Waals surface area contributed by atoms with Crippen LogP contribution in [-0.4, -0.2) is 57.9 Å². The molecule has 0 aliphatic carbocycles. The van der Waals surface area contributed by atoms with E-state index in [1.807, 2.05) is 44.3 Å². The Morgan fingerprint density at radius 2 is 1.85 bits per heavy atom. The van der Waals surface area contributed by atoms with Crippen molar-refractivity contribution in [3.8, 4) is 16.9 Å². The second-order valence-corrected chi connectivity index (χ2v) is 7.14. The van der Waals surface area contributed by atoms with Crippen LogP contribution in [0.1, 0.15) is 11.3 Å². The monoisotopic (exact) mass is 364 g/mol. The molecule has 0 unspecified atom stereocenters. The zero-order chi connectivity index (χ0) is 19.0. The smallest absolute Gasteiger partial charge is 0.271 e. The van der Waals surface area contributed by atoms with E-state index in [1.54, 1.807) is 10.7 Å². The minimum atomic E-state index is -0.0989. The summed E-state index contributed by atoms with van der Waals surface area (Å²) >= 11 is 0. The third-order valence-corrected chi connectivity index (χ3v) is 5.02. The fourth-order valence-electron chi connectivity index (χ4n) is 3.37. The first-order valence-electron chi connectivity index (χ1n) is 9.18. The number of aryl methyl sites for hydroxylation is 2. The van der Waals surface area contributed by atoms with Gasteiger partial charge in [0.2, 0.25) is 5.95 Å². The van der Waals surface area contributed by atoms with Crippen LogP contribution in [0.5, 0.6) is 0 Å². The van der Waals surface area contributed by atoms with Crippen molar-refractivity contribution in [1.82, 2.24) is 24.6 Å². The van der Waals surface area contributed by atoms with E-state index in [1.165, 1.54) is 0 Å². The Morgan fingerprint density at radius 3 is 2.56 bits per heavy atom. The van der Waals surface area contributed by atoms with Crippen molar-refractivity contribution in [1.29, 1.82) is 0 Å². The van der Waals surface area contributed by atoms with E-state index in [9.17, 15) is 4.79 Å². The van der Waals surface area contributed by atoms with Gasteiger partial charge in [0.1, 0.15) is 0 Å². The van der Waals surface area contributed by atoms with Gasteiger partial charge in [0.05, 0.1) is 17.1 Å². The lowest BCUT2D eigenvalue weighted by atomic mass is 10.2. The number of benzene rings is 1. The standard InChI is InChI=1S/C20H24N6O/c1-14-5-4-6-16(11-14)26-19(27)12-18(23-26)17-13-21-20(22-15(17)2)25-9-7-24(3)8-10-25/h4-6,11-13,23H,7-10H2,1-3H3. The minimum absolute atomic E-state index is 0.0989. The molecule has 4 rings (SSSR count). The highest BCUT2D eigenvalue weighted by atomic mass is 16.1. The molecule has 3 heterocycles. The van der Waals surface area contributed by atoms with Gasteiger partial charge in [-0.05, 0) is 38.6 Å². The molecule has 1 N–H and O–H groups in total. The zero-order valence-corrected chi connectivity index (χ0v) is 15.9. The molecule has 3 aromatic rings. The predicted octanol–water partition coefficient (Wildman–Crippen LogP) is 1.99. The van der Waals surface area contributed by atoms with Crippen molar-refractivity contribution < 1.29 is 0 Å². The number of piperazine rings is 1. The highest BCUT2D eigenvalue weighted by Crippen LogP contribution is 2.21. The van der Waals surface area contributed by atoms with Crippen molar-refractivity contribution >= 4 is 5.95 Å². The number of H-pyrrole nitrogens is 1. The Kier molecular flexibility index (Phi) is 4.53. The number of aromatic nitrogens is 4. The molecule has 140 valence electrons. The van der Waals surface area contributed by atoms with Crippen LogP contribution in [0.2, 0.25) is 0 Å². The molecule has 7 nitrogen and oxygen atoms in total. The first kappa shape index (κ1) is 17.5. The highest BCUT2D eigenvalue weighted by Gasteiger charge is 2.18. The molecule has 7 heteroatoms. The Balaban J connectivity index is 1.64. The van der Waals surface area contributed by atoms with E-state index in [0.717, 1.165) is 60.3 Å². The van der Waals surface area contributed by atoms with Gasteiger partial charge in [0.15, 0.2) is 0 Å². The maximum Gasteiger partial charge on any atom is 0.271 e. The summed E-state index contributed by atoms with van der Waals surface area (Å²) < 4.78 is 1.55. The number of nitrogens with one attached hydrogen (secondary N) is 1. The van der Waals surface area contributed by atoms with E-state index >= 15 is 0 Å². The molecule has 1 fully saturated rings. The average Bonchev–Trinajstić information content (AvgIpc) is 3.03. The van der Waals surface area contributed by atoms with Gasteiger partial charge in [-0.1, -0.05) is 12.1 Å². The molecule has 27 heavy (non-hydrogen) atoms. The van der Waals surface area contributed by atoms with Crippen molar-refractivity contribution in [3.63, 3.8) is 0 Å². The van der Waals surface area contributed by atoms with Crippen molar-refractivity contribution in [2.24, 2.45) is 0 Å². The van der Waals surface area contributed by atoms with Crippen LogP contribution in [0.15, 0.2) is 41.3 Å². The molecule has 1 aliphatic heterocycles. The molecule has 0 saturated carbocycles. The summed E-state index contributed by atoms with van der Waals surface area (Å²) in [7, 11) is 2.13. The highest BCUT2D eigenvalue weighted by molar-refractivity contribution is 5.61. The Bertz CT molecular complexity index is 1010. The molecule has 0 atom stereocenters. The molecule has 1 saturated heterocycles. The Hall–Kier alpha value is -2.93. The second-order valence-electron chi connectivity index (χ2n) is 7.14. The second kappa shape index (κ2) is 7.00. The molecule has 1 aromatic carbocycles. The van der Waals surface area contributed by atoms with E-state index < -0.39 is 0 Å². The minimum Gasteiger partial charge on any atom is -0.338 e. The van der Waals surface area contributed by atoms with E-state index in [2.05, 4.69) is 31.9 Å². The molecule has 2 aromatic heterocycles. The molecule has 0 bridgehead atoms. The average molecular weight is 364 g/mol. The number of hydrogen-bond donors (Lipinski definition) is 1. The maximum absolute atomic E-state index is 12.5. The first-order valence-corrected chi connectivity index (χ1v) is 9.18. The van der Waals surface area contributed by atoms with Crippen molar-refractivity contribution in [2.75, 3.05) is 38.1 Å². The van der Waals surface area contributed by atoms with Gasteiger partial charge < -0.3 is 9.80 Å².